The zero-order valence-corrected chi connectivity index (χ0v) is 16.0. The Labute approximate surface area is 166 Å². The first-order chi connectivity index (χ1) is 12.9. The molecule has 2 rings (SSSR count). The molecule has 0 aliphatic rings. The maximum atomic E-state index is 12.0. The molecule has 0 aliphatic carbocycles. The predicted octanol–water partition coefficient (Wildman–Crippen LogP) is 4.15. The van der Waals surface area contributed by atoms with Gasteiger partial charge in [0.05, 0.1) is 29.3 Å². The molecule has 2 aromatic carbocycles. The Morgan fingerprint density at radius 2 is 1.78 bits per heavy atom. The molecule has 2 aromatic rings. The lowest BCUT2D eigenvalue weighted by Gasteiger charge is -2.08. The van der Waals surface area contributed by atoms with Crippen molar-refractivity contribution in [1.82, 2.24) is 0 Å². The normalized spacial score (nSPS) is 10.2. The molecule has 8 heteroatoms. The van der Waals surface area contributed by atoms with Gasteiger partial charge in [-0.1, -0.05) is 41.4 Å². The van der Waals surface area contributed by atoms with Crippen LogP contribution in [-0.2, 0) is 14.3 Å². The summed E-state index contributed by atoms with van der Waals surface area (Å²) in [4.78, 5) is 35.7. The standard InChI is InChI=1S/C19H17Cl2NO5/c1-26-13-5-2-4-12(10-13)16(23)11-27-18(25)9-8-17(24)22-15-7-3-6-14(20)19(15)21/h2-7,10H,8-9,11H2,1H3,(H,22,24). The quantitative estimate of drug-likeness (QED) is 0.523. The van der Waals surface area contributed by atoms with Gasteiger partial charge in [-0.05, 0) is 24.3 Å². The topological polar surface area (TPSA) is 81.7 Å². The van der Waals surface area contributed by atoms with Crippen molar-refractivity contribution in [3.05, 3.63) is 58.1 Å². The summed E-state index contributed by atoms with van der Waals surface area (Å²) in [6.07, 6.45) is -0.287. The van der Waals surface area contributed by atoms with Crippen LogP contribution >= 0.6 is 23.2 Å². The molecular formula is C19H17Cl2NO5. The van der Waals surface area contributed by atoms with Gasteiger partial charge in [0, 0.05) is 12.0 Å². The van der Waals surface area contributed by atoms with Crippen molar-refractivity contribution in [2.24, 2.45) is 0 Å². The Bertz CT molecular complexity index is 854. The summed E-state index contributed by atoms with van der Waals surface area (Å²) in [5.74, 6) is -0.908. The minimum atomic E-state index is -0.654. The second kappa shape index (κ2) is 9.94. The van der Waals surface area contributed by atoms with Crippen molar-refractivity contribution >= 4 is 46.5 Å². The fourth-order valence-corrected chi connectivity index (χ4v) is 2.47. The van der Waals surface area contributed by atoms with E-state index >= 15 is 0 Å². The molecule has 0 radical (unpaired) electrons. The molecule has 0 fully saturated rings. The highest BCUT2D eigenvalue weighted by Crippen LogP contribution is 2.29. The molecule has 0 bridgehead atoms. The van der Waals surface area contributed by atoms with Crippen molar-refractivity contribution in [3.63, 3.8) is 0 Å². The number of halogens is 2. The molecule has 0 aromatic heterocycles. The molecule has 0 heterocycles. The van der Waals surface area contributed by atoms with E-state index < -0.39 is 18.5 Å². The zero-order chi connectivity index (χ0) is 19.8. The molecule has 0 saturated heterocycles. The Balaban J connectivity index is 1.77. The molecule has 0 atom stereocenters. The van der Waals surface area contributed by atoms with Crippen molar-refractivity contribution in [2.75, 3.05) is 19.0 Å². The molecule has 6 nitrogen and oxygen atoms in total. The number of carbonyl (C=O) groups is 3. The number of amides is 1. The minimum Gasteiger partial charge on any atom is -0.497 e. The van der Waals surface area contributed by atoms with Gasteiger partial charge < -0.3 is 14.8 Å². The van der Waals surface area contributed by atoms with Gasteiger partial charge in [-0.2, -0.15) is 0 Å². The number of hydrogen-bond acceptors (Lipinski definition) is 5. The van der Waals surface area contributed by atoms with Crippen LogP contribution in [0.4, 0.5) is 5.69 Å². The second-order valence-electron chi connectivity index (χ2n) is 5.47. The number of ketones is 1. The van der Waals surface area contributed by atoms with E-state index in [0.717, 1.165) is 0 Å². The average molecular weight is 410 g/mol. The van der Waals surface area contributed by atoms with Crippen molar-refractivity contribution in [2.45, 2.75) is 12.8 Å². The molecular weight excluding hydrogens is 393 g/mol. The Hall–Kier alpha value is -2.57. The maximum absolute atomic E-state index is 12.0. The third-order valence-corrected chi connectivity index (χ3v) is 4.36. The first-order valence-corrected chi connectivity index (χ1v) is 8.73. The van der Waals surface area contributed by atoms with Crippen molar-refractivity contribution in [3.8, 4) is 5.75 Å². The van der Waals surface area contributed by atoms with Crippen LogP contribution in [0.3, 0.4) is 0 Å². The monoisotopic (exact) mass is 409 g/mol. The third kappa shape index (κ3) is 6.27. The summed E-state index contributed by atoms with van der Waals surface area (Å²) in [5.41, 5.74) is 0.728. The molecule has 27 heavy (non-hydrogen) atoms. The van der Waals surface area contributed by atoms with Crippen LogP contribution < -0.4 is 10.1 Å². The SMILES string of the molecule is COc1cccc(C(=O)COC(=O)CCC(=O)Nc2cccc(Cl)c2Cl)c1. The fourth-order valence-electron chi connectivity index (χ4n) is 2.13. The van der Waals surface area contributed by atoms with E-state index in [2.05, 4.69) is 5.32 Å². The van der Waals surface area contributed by atoms with E-state index in [1.165, 1.54) is 7.11 Å². The highest BCUT2D eigenvalue weighted by atomic mass is 35.5. The number of nitrogens with one attached hydrogen (secondary N) is 1. The van der Waals surface area contributed by atoms with Crippen LogP contribution in [0.15, 0.2) is 42.5 Å². The zero-order valence-electron chi connectivity index (χ0n) is 14.5. The summed E-state index contributed by atoms with van der Waals surface area (Å²) < 4.78 is 9.96. The Morgan fingerprint density at radius 1 is 1.04 bits per heavy atom. The van der Waals surface area contributed by atoms with Gasteiger partial charge in [-0.25, -0.2) is 0 Å². The maximum Gasteiger partial charge on any atom is 0.306 e. The van der Waals surface area contributed by atoms with Crippen LogP contribution in [0.2, 0.25) is 10.0 Å². The van der Waals surface area contributed by atoms with Crippen molar-refractivity contribution in [1.29, 1.82) is 0 Å². The summed E-state index contributed by atoms with van der Waals surface area (Å²) in [5, 5.41) is 3.10. The third-order valence-electron chi connectivity index (χ3n) is 3.54. The predicted molar refractivity (Wildman–Crippen MR) is 103 cm³/mol. The summed E-state index contributed by atoms with van der Waals surface area (Å²) >= 11 is 11.8. The first kappa shape index (κ1) is 20.7. The number of methoxy groups -OCH3 is 1. The average Bonchev–Trinajstić information content (AvgIpc) is 2.68. The van der Waals surface area contributed by atoms with Gasteiger partial charge in [-0.15, -0.1) is 0 Å². The fraction of sp³-hybridized carbons (Fsp3) is 0.211. The molecule has 142 valence electrons. The number of carbonyl (C=O) groups excluding carboxylic acids is 3. The number of anilines is 1. The van der Waals surface area contributed by atoms with Gasteiger partial charge in [0.25, 0.3) is 0 Å². The smallest absolute Gasteiger partial charge is 0.306 e. The first-order valence-electron chi connectivity index (χ1n) is 7.97. The van der Waals surface area contributed by atoms with Crippen LogP contribution in [0.1, 0.15) is 23.2 Å². The van der Waals surface area contributed by atoms with Gasteiger partial charge in [0.15, 0.2) is 12.4 Å². The van der Waals surface area contributed by atoms with Crippen LogP contribution in [-0.4, -0.2) is 31.4 Å². The molecule has 0 spiro atoms. The van der Waals surface area contributed by atoms with Crippen LogP contribution in [0, 0.1) is 0 Å². The van der Waals surface area contributed by atoms with E-state index in [-0.39, 0.29) is 23.6 Å². The minimum absolute atomic E-state index is 0.116. The van der Waals surface area contributed by atoms with Crippen molar-refractivity contribution < 1.29 is 23.9 Å². The molecule has 0 saturated carbocycles. The lowest BCUT2D eigenvalue weighted by molar-refractivity contribution is -0.143. The largest absolute Gasteiger partial charge is 0.497 e. The lowest BCUT2D eigenvalue weighted by atomic mass is 10.1. The van der Waals surface area contributed by atoms with Gasteiger partial charge in [0.1, 0.15) is 5.75 Å². The molecule has 1 amide bonds. The number of esters is 1. The highest BCUT2D eigenvalue weighted by molar-refractivity contribution is 6.43. The number of rotatable bonds is 8. The number of hydrogen-bond donors (Lipinski definition) is 1. The number of Topliss-reactive ketones (excluding diaryl/α,β-unsaturated/α-hetero) is 1. The summed E-state index contributed by atoms with van der Waals surface area (Å²) in [6.45, 7) is -0.409. The molecule has 1 N–H and O–H groups in total. The number of benzene rings is 2. The number of ether oxygens (including phenoxy) is 2. The van der Waals surface area contributed by atoms with E-state index in [1.807, 2.05) is 0 Å². The van der Waals surface area contributed by atoms with Gasteiger partial charge >= 0.3 is 5.97 Å². The van der Waals surface area contributed by atoms with Gasteiger partial charge in [-0.3, -0.25) is 14.4 Å². The van der Waals surface area contributed by atoms with E-state index in [1.54, 1.807) is 42.5 Å². The summed E-state index contributed by atoms with van der Waals surface area (Å²) in [6, 6.07) is 11.3. The lowest BCUT2D eigenvalue weighted by Crippen LogP contribution is -2.17. The Kier molecular flexibility index (Phi) is 7.64. The van der Waals surface area contributed by atoms with E-state index in [0.29, 0.717) is 22.0 Å². The van der Waals surface area contributed by atoms with E-state index in [9.17, 15) is 14.4 Å². The van der Waals surface area contributed by atoms with E-state index in [4.69, 9.17) is 32.7 Å². The van der Waals surface area contributed by atoms with Crippen LogP contribution in [0.5, 0.6) is 5.75 Å². The second-order valence-corrected chi connectivity index (χ2v) is 6.25. The molecule has 0 aliphatic heterocycles. The molecule has 0 unspecified atom stereocenters. The van der Waals surface area contributed by atoms with Gasteiger partial charge in [0.2, 0.25) is 5.91 Å². The van der Waals surface area contributed by atoms with Crippen LogP contribution in [0.25, 0.3) is 0 Å². The highest BCUT2D eigenvalue weighted by Gasteiger charge is 2.13. The summed E-state index contributed by atoms with van der Waals surface area (Å²) in [7, 11) is 1.49. The Morgan fingerprint density at radius 3 is 2.52 bits per heavy atom.